The maximum Gasteiger partial charge on any atom is 0.123 e. The summed E-state index contributed by atoms with van der Waals surface area (Å²) in [5.41, 5.74) is 3.96. The second-order valence-corrected chi connectivity index (χ2v) is 3.78. The van der Waals surface area contributed by atoms with Crippen molar-refractivity contribution in [3.05, 3.63) is 59.4 Å². The van der Waals surface area contributed by atoms with E-state index in [1.54, 1.807) is 6.07 Å². The Balaban J connectivity index is 2.17. The average molecular weight is 211 g/mol. The minimum Gasteiger partial charge on any atom is -0.355 e. The first-order valence-corrected chi connectivity index (χ1v) is 5.17. The van der Waals surface area contributed by atoms with Gasteiger partial charge in [0.2, 0.25) is 0 Å². The van der Waals surface area contributed by atoms with Crippen molar-refractivity contribution < 1.29 is 4.39 Å². The van der Waals surface area contributed by atoms with Crippen LogP contribution in [0.15, 0.2) is 42.5 Å². The van der Waals surface area contributed by atoms with Crippen LogP contribution in [0.2, 0.25) is 0 Å². The Bertz CT molecular complexity index is 573. The molecular formula is C14H10FN. The minimum atomic E-state index is -0.212. The molecule has 0 radical (unpaired) electrons. The van der Waals surface area contributed by atoms with Crippen LogP contribution >= 0.6 is 0 Å². The zero-order chi connectivity index (χ0) is 11.0. The summed E-state index contributed by atoms with van der Waals surface area (Å²) in [6, 6.07) is 12.8. The molecule has 1 aliphatic rings. The van der Waals surface area contributed by atoms with Crippen molar-refractivity contribution in [3.8, 4) is 0 Å². The molecule has 2 heteroatoms. The third-order valence-corrected chi connectivity index (χ3v) is 2.69. The minimum absolute atomic E-state index is 0.212. The summed E-state index contributed by atoms with van der Waals surface area (Å²) >= 11 is 0. The van der Waals surface area contributed by atoms with Gasteiger partial charge in [0.25, 0.3) is 0 Å². The number of halogens is 1. The highest BCUT2D eigenvalue weighted by Gasteiger charge is 2.07. The molecule has 0 aromatic heterocycles. The van der Waals surface area contributed by atoms with Crippen LogP contribution in [0.1, 0.15) is 11.1 Å². The molecule has 2 aromatic rings. The predicted octanol–water partition coefficient (Wildman–Crippen LogP) is 4.05. The van der Waals surface area contributed by atoms with E-state index in [1.165, 1.54) is 12.1 Å². The van der Waals surface area contributed by atoms with Crippen molar-refractivity contribution in [2.24, 2.45) is 0 Å². The van der Waals surface area contributed by atoms with E-state index < -0.39 is 0 Å². The van der Waals surface area contributed by atoms with Gasteiger partial charge >= 0.3 is 0 Å². The number of anilines is 2. The number of fused-ring (bicyclic) bond motifs is 2. The molecule has 1 N–H and O–H groups in total. The van der Waals surface area contributed by atoms with Gasteiger partial charge in [-0.2, -0.15) is 0 Å². The van der Waals surface area contributed by atoms with Crippen LogP contribution < -0.4 is 5.32 Å². The third kappa shape index (κ3) is 1.48. The average Bonchev–Trinajstić information content (AvgIpc) is 2.48. The van der Waals surface area contributed by atoms with Crippen molar-refractivity contribution in [2.45, 2.75) is 0 Å². The van der Waals surface area contributed by atoms with Crippen LogP contribution in [0.5, 0.6) is 0 Å². The van der Waals surface area contributed by atoms with Crippen molar-refractivity contribution in [1.82, 2.24) is 0 Å². The fourth-order valence-electron chi connectivity index (χ4n) is 1.87. The highest BCUT2D eigenvalue weighted by atomic mass is 19.1. The second-order valence-electron chi connectivity index (χ2n) is 3.78. The number of rotatable bonds is 0. The highest BCUT2D eigenvalue weighted by Crippen LogP contribution is 2.30. The Labute approximate surface area is 93.2 Å². The summed E-state index contributed by atoms with van der Waals surface area (Å²) in [7, 11) is 0. The smallest absolute Gasteiger partial charge is 0.123 e. The van der Waals surface area contributed by atoms with Crippen molar-refractivity contribution in [1.29, 1.82) is 0 Å². The highest BCUT2D eigenvalue weighted by molar-refractivity contribution is 5.87. The van der Waals surface area contributed by atoms with E-state index in [1.807, 2.05) is 36.4 Å². The van der Waals surface area contributed by atoms with E-state index in [9.17, 15) is 4.39 Å². The molecule has 78 valence electrons. The van der Waals surface area contributed by atoms with E-state index in [2.05, 4.69) is 5.32 Å². The Morgan fingerprint density at radius 3 is 2.50 bits per heavy atom. The molecule has 1 heterocycles. The third-order valence-electron chi connectivity index (χ3n) is 2.69. The Morgan fingerprint density at radius 1 is 0.812 bits per heavy atom. The maximum atomic E-state index is 13.1. The molecule has 0 bridgehead atoms. The van der Waals surface area contributed by atoms with Crippen LogP contribution in [0.3, 0.4) is 0 Å². The molecule has 16 heavy (non-hydrogen) atoms. The lowest BCUT2D eigenvalue weighted by Crippen LogP contribution is -1.93. The Kier molecular flexibility index (Phi) is 2.00. The summed E-state index contributed by atoms with van der Waals surface area (Å²) in [4.78, 5) is 0. The predicted molar refractivity (Wildman–Crippen MR) is 65.1 cm³/mol. The van der Waals surface area contributed by atoms with Gasteiger partial charge in [-0.05, 0) is 29.8 Å². The quantitative estimate of drug-likeness (QED) is 0.591. The molecule has 0 aliphatic carbocycles. The lowest BCUT2D eigenvalue weighted by atomic mass is 10.1. The molecule has 0 unspecified atom stereocenters. The Morgan fingerprint density at radius 2 is 1.56 bits per heavy atom. The second kappa shape index (κ2) is 3.49. The van der Waals surface area contributed by atoms with Gasteiger partial charge in [0.05, 0.1) is 0 Å². The standard InChI is InChI=1S/C14H10FN/c15-12-7-8-14-11(9-12)6-5-10-3-1-2-4-13(10)16-14/h1-9,16H. The summed E-state index contributed by atoms with van der Waals surface area (Å²) < 4.78 is 13.1. The molecule has 2 aromatic carbocycles. The van der Waals surface area contributed by atoms with Gasteiger partial charge in [0.15, 0.2) is 0 Å². The van der Waals surface area contributed by atoms with Crippen molar-refractivity contribution in [2.75, 3.05) is 5.32 Å². The molecule has 0 saturated carbocycles. The van der Waals surface area contributed by atoms with Gasteiger partial charge in [0.1, 0.15) is 5.82 Å². The number of hydrogen-bond acceptors (Lipinski definition) is 1. The van der Waals surface area contributed by atoms with Crippen LogP contribution in [0.25, 0.3) is 12.2 Å². The first-order valence-electron chi connectivity index (χ1n) is 5.17. The molecule has 0 atom stereocenters. The summed E-state index contributed by atoms with van der Waals surface area (Å²) in [5, 5.41) is 3.30. The summed E-state index contributed by atoms with van der Waals surface area (Å²) in [6.07, 6.45) is 3.92. The summed E-state index contributed by atoms with van der Waals surface area (Å²) in [5.74, 6) is -0.212. The SMILES string of the molecule is Fc1ccc2c(c1)C=Cc1ccccc1N2. The van der Waals surface area contributed by atoms with E-state index in [4.69, 9.17) is 0 Å². The zero-order valence-corrected chi connectivity index (χ0v) is 8.57. The van der Waals surface area contributed by atoms with Gasteiger partial charge in [-0.15, -0.1) is 0 Å². The fourth-order valence-corrected chi connectivity index (χ4v) is 1.87. The molecule has 3 rings (SSSR count). The molecule has 1 aliphatic heterocycles. The topological polar surface area (TPSA) is 12.0 Å². The molecule has 0 saturated heterocycles. The van der Waals surface area contributed by atoms with Gasteiger partial charge < -0.3 is 5.32 Å². The lowest BCUT2D eigenvalue weighted by Gasteiger charge is -2.09. The molecular weight excluding hydrogens is 201 g/mol. The Hall–Kier alpha value is -2.09. The molecule has 1 nitrogen and oxygen atoms in total. The molecule has 0 fully saturated rings. The molecule has 0 spiro atoms. The van der Waals surface area contributed by atoms with Gasteiger partial charge in [-0.1, -0.05) is 30.4 Å². The monoisotopic (exact) mass is 211 g/mol. The summed E-state index contributed by atoms with van der Waals surface area (Å²) in [6.45, 7) is 0. The van der Waals surface area contributed by atoms with Gasteiger partial charge in [-0.25, -0.2) is 4.39 Å². The van der Waals surface area contributed by atoms with E-state index in [0.717, 1.165) is 22.5 Å². The first kappa shape index (κ1) is 9.16. The van der Waals surface area contributed by atoms with Crippen LogP contribution in [-0.4, -0.2) is 0 Å². The van der Waals surface area contributed by atoms with E-state index in [0.29, 0.717) is 0 Å². The number of para-hydroxylation sites is 1. The van der Waals surface area contributed by atoms with Crippen molar-refractivity contribution >= 4 is 23.5 Å². The fraction of sp³-hybridized carbons (Fsp3) is 0. The normalized spacial score (nSPS) is 12.3. The van der Waals surface area contributed by atoms with Crippen LogP contribution in [0.4, 0.5) is 15.8 Å². The maximum absolute atomic E-state index is 13.1. The molecule has 0 amide bonds. The lowest BCUT2D eigenvalue weighted by molar-refractivity contribution is 0.628. The zero-order valence-electron chi connectivity index (χ0n) is 8.57. The van der Waals surface area contributed by atoms with Gasteiger partial charge in [-0.3, -0.25) is 0 Å². The van der Waals surface area contributed by atoms with Crippen LogP contribution in [-0.2, 0) is 0 Å². The van der Waals surface area contributed by atoms with Gasteiger partial charge in [0, 0.05) is 16.9 Å². The largest absolute Gasteiger partial charge is 0.355 e. The van der Waals surface area contributed by atoms with E-state index >= 15 is 0 Å². The number of benzene rings is 2. The number of nitrogens with one attached hydrogen (secondary N) is 1. The number of hydrogen-bond donors (Lipinski definition) is 1. The first-order chi connectivity index (χ1) is 7.83. The van der Waals surface area contributed by atoms with Crippen molar-refractivity contribution in [3.63, 3.8) is 0 Å². The van der Waals surface area contributed by atoms with Crippen LogP contribution in [0, 0.1) is 5.82 Å². The van der Waals surface area contributed by atoms with E-state index in [-0.39, 0.29) is 5.82 Å².